The second-order valence-electron chi connectivity index (χ2n) is 5.54. The second kappa shape index (κ2) is 7.45. The van der Waals surface area contributed by atoms with Gasteiger partial charge in [0.15, 0.2) is 5.76 Å². The Morgan fingerprint density at radius 1 is 1.35 bits per heavy atom. The fourth-order valence-electron chi connectivity index (χ4n) is 1.96. The Labute approximate surface area is 121 Å². The molecule has 1 heterocycles. The molecule has 1 rings (SSSR count). The maximum Gasteiger partial charge on any atom is 0.287 e. The number of aliphatic hydroxyl groups excluding tert-OH is 1. The van der Waals surface area contributed by atoms with E-state index in [1.54, 1.807) is 6.07 Å². The quantitative estimate of drug-likeness (QED) is 0.765. The van der Waals surface area contributed by atoms with Crippen LogP contribution in [0.2, 0.25) is 0 Å². The Kier molecular flexibility index (Phi) is 6.23. The van der Waals surface area contributed by atoms with Crippen molar-refractivity contribution in [1.82, 2.24) is 10.2 Å². The summed E-state index contributed by atoms with van der Waals surface area (Å²) in [6, 6.07) is 3.54. The van der Waals surface area contributed by atoms with Gasteiger partial charge in [-0.2, -0.15) is 0 Å². The highest BCUT2D eigenvalue weighted by atomic mass is 16.4. The summed E-state index contributed by atoms with van der Waals surface area (Å²) in [4.78, 5) is 14.3. The summed E-state index contributed by atoms with van der Waals surface area (Å²) in [7, 11) is 0. The van der Waals surface area contributed by atoms with Gasteiger partial charge >= 0.3 is 0 Å². The average molecular weight is 282 g/mol. The smallest absolute Gasteiger partial charge is 0.287 e. The number of aliphatic hydroxyl groups is 1. The van der Waals surface area contributed by atoms with Crippen LogP contribution in [0.5, 0.6) is 0 Å². The Balaban J connectivity index is 2.64. The molecule has 0 fully saturated rings. The highest BCUT2D eigenvalue weighted by molar-refractivity contribution is 5.91. The van der Waals surface area contributed by atoms with E-state index >= 15 is 0 Å². The number of nitrogens with one attached hydrogen (secondary N) is 1. The van der Waals surface area contributed by atoms with Crippen LogP contribution in [0, 0.1) is 0 Å². The van der Waals surface area contributed by atoms with Gasteiger partial charge in [-0.1, -0.05) is 13.8 Å². The molecule has 0 saturated carbocycles. The molecule has 0 saturated heterocycles. The molecular weight excluding hydrogens is 256 g/mol. The van der Waals surface area contributed by atoms with E-state index in [0.717, 1.165) is 18.8 Å². The van der Waals surface area contributed by atoms with Crippen molar-refractivity contribution in [2.75, 3.05) is 19.7 Å². The fraction of sp³-hybridized carbons (Fsp3) is 0.667. The molecule has 0 atom stereocenters. The van der Waals surface area contributed by atoms with Gasteiger partial charge < -0.3 is 14.8 Å². The van der Waals surface area contributed by atoms with E-state index in [2.05, 4.69) is 24.1 Å². The summed E-state index contributed by atoms with van der Waals surface area (Å²) in [6.45, 7) is 10.6. The molecule has 0 bridgehead atoms. The van der Waals surface area contributed by atoms with Gasteiger partial charge in [0.2, 0.25) is 0 Å². The number of carbonyl (C=O) groups excluding carboxylic acids is 1. The lowest BCUT2D eigenvalue weighted by Gasteiger charge is -2.24. The molecule has 0 aromatic carbocycles. The molecule has 1 amide bonds. The minimum Gasteiger partial charge on any atom is -0.455 e. The van der Waals surface area contributed by atoms with Gasteiger partial charge in [-0.3, -0.25) is 9.69 Å². The van der Waals surface area contributed by atoms with E-state index in [-0.39, 0.29) is 12.5 Å². The van der Waals surface area contributed by atoms with Gasteiger partial charge in [0.25, 0.3) is 5.91 Å². The lowest BCUT2D eigenvalue weighted by atomic mass is 10.0. The zero-order valence-corrected chi connectivity index (χ0v) is 12.9. The number of hydrogen-bond donors (Lipinski definition) is 2. The van der Waals surface area contributed by atoms with Crippen LogP contribution < -0.4 is 5.32 Å². The van der Waals surface area contributed by atoms with Crippen LogP contribution in [0.15, 0.2) is 16.5 Å². The first-order valence-electron chi connectivity index (χ1n) is 7.16. The highest BCUT2D eigenvalue weighted by Crippen LogP contribution is 2.13. The third-order valence-corrected chi connectivity index (χ3v) is 3.35. The summed E-state index contributed by atoms with van der Waals surface area (Å²) in [5, 5.41) is 11.8. The molecule has 2 N–H and O–H groups in total. The first-order chi connectivity index (χ1) is 9.41. The van der Waals surface area contributed by atoms with Crippen LogP contribution in [0.1, 0.15) is 50.4 Å². The van der Waals surface area contributed by atoms with Crippen LogP contribution in [-0.4, -0.2) is 41.1 Å². The van der Waals surface area contributed by atoms with Crippen LogP contribution in [-0.2, 0) is 6.54 Å². The van der Waals surface area contributed by atoms with Gasteiger partial charge in [0.05, 0.1) is 6.54 Å². The van der Waals surface area contributed by atoms with Crippen molar-refractivity contribution in [2.24, 2.45) is 0 Å². The number of hydrogen-bond acceptors (Lipinski definition) is 4. The predicted molar refractivity (Wildman–Crippen MR) is 78.6 cm³/mol. The van der Waals surface area contributed by atoms with E-state index in [9.17, 15) is 4.79 Å². The number of furan rings is 1. The minimum absolute atomic E-state index is 0.0403. The molecule has 114 valence electrons. The Hall–Kier alpha value is -1.33. The van der Waals surface area contributed by atoms with Gasteiger partial charge in [-0.25, -0.2) is 0 Å². The van der Waals surface area contributed by atoms with Gasteiger partial charge in [0, 0.05) is 12.1 Å². The first kappa shape index (κ1) is 16.7. The zero-order valence-electron chi connectivity index (χ0n) is 12.9. The van der Waals surface area contributed by atoms with Crippen molar-refractivity contribution in [2.45, 2.75) is 46.2 Å². The van der Waals surface area contributed by atoms with Crippen molar-refractivity contribution in [1.29, 1.82) is 0 Å². The largest absolute Gasteiger partial charge is 0.455 e. The topological polar surface area (TPSA) is 65.7 Å². The molecule has 20 heavy (non-hydrogen) atoms. The normalized spacial score (nSPS) is 11.9. The third-order valence-electron chi connectivity index (χ3n) is 3.35. The molecule has 0 aliphatic carbocycles. The van der Waals surface area contributed by atoms with E-state index in [4.69, 9.17) is 9.52 Å². The van der Waals surface area contributed by atoms with Crippen molar-refractivity contribution in [3.8, 4) is 0 Å². The van der Waals surface area contributed by atoms with E-state index in [1.807, 2.05) is 19.9 Å². The van der Waals surface area contributed by atoms with Crippen molar-refractivity contribution in [3.63, 3.8) is 0 Å². The molecule has 5 heteroatoms. The Morgan fingerprint density at radius 2 is 2.00 bits per heavy atom. The van der Waals surface area contributed by atoms with Crippen LogP contribution >= 0.6 is 0 Å². The van der Waals surface area contributed by atoms with E-state index in [1.165, 1.54) is 0 Å². The molecular formula is C15H26N2O3. The maximum absolute atomic E-state index is 12.1. The van der Waals surface area contributed by atoms with Gasteiger partial charge in [0.1, 0.15) is 5.76 Å². The maximum atomic E-state index is 12.1. The summed E-state index contributed by atoms with van der Waals surface area (Å²) in [5.74, 6) is 0.867. The molecule has 5 nitrogen and oxygen atoms in total. The monoisotopic (exact) mass is 282 g/mol. The Bertz CT molecular complexity index is 423. The number of rotatable bonds is 8. The number of nitrogens with zero attached hydrogens (tertiary/aromatic N) is 1. The van der Waals surface area contributed by atoms with Gasteiger partial charge in [-0.05, 0) is 45.5 Å². The third kappa shape index (κ3) is 4.98. The highest BCUT2D eigenvalue weighted by Gasteiger charge is 2.22. The fourth-order valence-corrected chi connectivity index (χ4v) is 1.96. The second-order valence-corrected chi connectivity index (χ2v) is 5.54. The van der Waals surface area contributed by atoms with Crippen LogP contribution in [0.25, 0.3) is 0 Å². The molecule has 0 spiro atoms. The van der Waals surface area contributed by atoms with Gasteiger partial charge in [-0.15, -0.1) is 0 Å². The average Bonchev–Trinajstić information content (AvgIpc) is 2.83. The summed E-state index contributed by atoms with van der Waals surface area (Å²) < 4.78 is 5.59. The first-order valence-corrected chi connectivity index (χ1v) is 7.16. The standard InChI is InChI=1S/C15H26N2O3/c1-5-17(6-2)11-12-7-8-13(20-12)14(19)16-15(3,4)9-10-18/h7-8,18H,5-6,9-11H2,1-4H3,(H,16,19). The Morgan fingerprint density at radius 3 is 2.55 bits per heavy atom. The predicted octanol–water partition coefficient (Wildman–Crippen LogP) is 2.01. The van der Waals surface area contributed by atoms with Crippen LogP contribution in [0.3, 0.4) is 0 Å². The number of amides is 1. The van der Waals surface area contributed by atoms with Crippen molar-refractivity contribution < 1.29 is 14.3 Å². The number of carbonyl (C=O) groups is 1. The molecule has 0 aliphatic heterocycles. The van der Waals surface area contributed by atoms with Crippen molar-refractivity contribution in [3.05, 3.63) is 23.7 Å². The molecule has 1 aromatic rings. The SMILES string of the molecule is CCN(CC)Cc1ccc(C(=O)NC(C)(C)CCO)o1. The van der Waals surface area contributed by atoms with E-state index < -0.39 is 5.54 Å². The molecule has 0 aliphatic rings. The minimum atomic E-state index is -0.447. The molecule has 0 radical (unpaired) electrons. The molecule has 0 unspecified atom stereocenters. The summed E-state index contributed by atoms with van der Waals surface area (Å²) in [6.07, 6.45) is 0.506. The molecule has 1 aromatic heterocycles. The van der Waals surface area contributed by atoms with Crippen molar-refractivity contribution >= 4 is 5.91 Å². The zero-order chi connectivity index (χ0) is 15.2. The lowest BCUT2D eigenvalue weighted by molar-refractivity contribution is 0.0867. The summed E-state index contributed by atoms with van der Waals surface area (Å²) >= 11 is 0. The lowest BCUT2D eigenvalue weighted by Crippen LogP contribution is -2.43. The summed E-state index contributed by atoms with van der Waals surface area (Å²) in [5.41, 5.74) is -0.447. The van der Waals surface area contributed by atoms with Crippen LogP contribution in [0.4, 0.5) is 0 Å². The van der Waals surface area contributed by atoms with E-state index in [0.29, 0.717) is 18.7 Å².